The van der Waals surface area contributed by atoms with Gasteiger partial charge in [-0.3, -0.25) is 9.36 Å². The van der Waals surface area contributed by atoms with Crippen molar-refractivity contribution in [1.29, 1.82) is 0 Å². The molecule has 0 bridgehead atoms. The number of hydrogen-bond donors (Lipinski definition) is 1. The third-order valence-electron chi connectivity index (χ3n) is 3.54. The van der Waals surface area contributed by atoms with Crippen molar-refractivity contribution in [3.8, 4) is 0 Å². The minimum Gasteiger partial charge on any atom is -0.371 e. The lowest BCUT2D eigenvalue weighted by Gasteiger charge is -2.14. The Hall–Kier alpha value is -2.55. The lowest BCUT2D eigenvalue weighted by Crippen LogP contribution is -2.29. The van der Waals surface area contributed by atoms with Crippen LogP contribution in [0.3, 0.4) is 0 Å². The maximum absolute atomic E-state index is 12.0. The van der Waals surface area contributed by atoms with Crippen molar-refractivity contribution in [3.05, 3.63) is 58.6 Å². The van der Waals surface area contributed by atoms with E-state index in [0.29, 0.717) is 6.61 Å². The van der Waals surface area contributed by atoms with E-state index in [4.69, 9.17) is 14.2 Å². The molecular formula is C17H19N3O5. The highest BCUT2D eigenvalue weighted by atomic mass is 16.7. The molecule has 0 spiro atoms. The van der Waals surface area contributed by atoms with E-state index in [1.165, 1.54) is 23.8 Å². The fourth-order valence-corrected chi connectivity index (χ4v) is 2.41. The molecule has 132 valence electrons. The van der Waals surface area contributed by atoms with Crippen molar-refractivity contribution in [2.45, 2.75) is 26.0 Å². The number of ether oxygens (including phenoxy) is 3. The Bertz CT molecular complexity index is 777. The van der Waals surface area contributed by atoms with Gasteiger partial charge in [0.2, 0.25) is 5.91 Å². The van der Waals surface area contributed by atoms with Crippen LogP contribution in [0.15, 0.2) is 47.4 Å². The standard InChI is InChI=1S/C17H19N3O5/c1-12(21)18-14-7-8-20(17(22)19-14)15-10-24-16(25-15)11-23-9-13-5-3-2-4-6-13/h2-8,15-16H,9-11H2,1H3,(H,18,19,21,22). The summed E-state index contributed by atoms with van der Waals surface area (Å²) in [5.74, 6) is -0.0869. The summed E-state index contributed by atoms with van der Waals surface area (Å²) in [6.45, 7) is 2.29. The van der Waals surface area contributed by atoms with Gasteiger partial charge in [-0.15, -0.1) is 0 Å². The predicted octanol–water partition coefficient (Wildman–Crippen LogP) is 1.29. The van der Waals surface area contributed by atoms with Gasteiger partial charge in [0.15, 0.2) is 12.5 Å². The molecule has 25 heavy (non-hydrogen) atoms. The second-order valence-electron chi connectivity index (χ2n) is 5.54. The molecule has 1 aliphatic heterocycles. The molecule has 8 nitrogen and oxygen atoms in total. The Kier molecular flexibility index (Phi) is 5.54. The molecule has 1 N–H and O–H groups in total. The van der Waals surface area contributed by atoms with E-state index in [1.807, 2.05) is 30.3 Å². The molecule has 1 fully saturated rings. The lowest BCUT2D eigenvalue weighted by atomic mass is 10.2. The summed E-state index contributed by atoms with van der Waals surface area (Å²) in [5.41, 5.74) is 0.539. The fourth-order valence-electron chi connectivity index (χ4n) is 2.41. The Morgan fingerprint density at radius 3 is 2.88 bits per heavy atom. The summed E-state index contributed by atoms with van der Waals surface area (Å²) in [6, 6.07) is 11.3. The monoisotopic (exact) mass is 345 g/mol. The Balaban J connectivity index is 1.52. The summed E-state index contributed by atoms with van der Waals surface area (Å²) in [6.07, 6.45) is 0.398. The second-order valence-corrected chi connectivity index (χ2v) is 5.54. The maximum Gasteiger partial charge on any atom is 0.351 e. The first-order valence-electron chi connectivity index (χ1n) is 7.87. The molecule has 2 unspecified atom stereocenters. The number of carbonyl (C=O) groups excluding carboxylic acids is 1. The smallest absolute Gasteiger partial charge is 0.351 e. The predicted molar refractivity (Wildman–Crippen MR) is 88.8 cm³/mol. The summed E-state index contributed by atoms with van der Waals surface area (Å²) < 4.78 is 18.1. The van der Waals surface area contributed by atoms with Gasteiger partial charge in [0.05, 0.1) is 19.8 Å². The molecule has 1 aromatic carbocycles. The van der Waals surface area contributed by atoms with E-state index in [2.05, 4.69) is 10.3 Å². The van der Waals surface area contributed by atoms with E-state index in [-0.39, 0.29) is 24.9 Å². The lowest BCUT2D eigenvalue weighted by molar-refractivity contribution is -0.118. The zero-order valence-electron chi connectivity index (χ0n) is 13.8. The highest BCUT2D eigenvalue weighted by Crippen LogP contribution is 2.20. The van der Waals surface area contributed by atoms with E-state index in [9.17, 15) is 9.59 Å². The van der Waals surface area contributed by atoms with Crippen LogP contribution in [0.5, 0.6) is 0 Å². The number of nitrogens with zero attached hydrogens (tertiary/aromatic N) is 2. The number of hydrogen-bond acceptors (Lipinski definition) is 6. The van der Waals surface area contributed by atoms with E-state index < -0.39 is 18.2 Å². The van der Waals surface area contributed by atoms with Crippen molar-refractivity contribution >= 4 is 11.7 Å². The molecule has 1 aromatic heterocycles. The Labute approximate surface area is 144 Å². The molecule has 3 rings (SSSR count). The number of carbonyl (C=O) groups is 1. The molecule has 2 atom stereocenters. The van der Waals surface area contributed by atoms with Gasteiger partial charge in [-0.25, -0.2) is 4.79 Å². The van der Waals surface area contributed by atoms with Crippen LogP contribution in [0.2, 0.25) is 0 Å². The van der Waals surface area contributed by atoms with Crippen molar-refractivity contribution in [2.75, 3.05) is 18.5 Å². The molecule has 8 heteroatoms. The van der Waals surface area contributed by atoms with Crippen LogP contribution in [0.25, 0.3) is 0 Å². The van der Waals surface area contributed by atoms with Crippen molar-refractivity contribution in [1.82, 2.24) is 9.55 Å². The van der Waals surface area contributed by atoms with Gasteiger partial charge in [0, 0.05) is 13.1 Å². The number of anilines is 1. The highest BCUT2D eigenvalue weighted by Gasteiger charge is 2.28. The molecule has 2 heterocycles. The van der Waals surface area contributed by atoms with Crippen molar-refractivity contribution in [3.63, 3.8) is 0 Å². The van der Waals surface area contributed by atoms with Gasteiger partial charge in [0.25, 0.3) is 0 Å². The normalized spacial score (nSPS) is 19.7. The first-order chi connectivity index (χ1) is 12.1. The average Bonchev–Trinajstić information content (AvgIpc) is 3.04. The molecule has 1 aliphatic rings. The summed E-state index contributed by atoms with van der Waals surface area (Å²) >= 11 is 0. The fraction of sp³-hybridized carbons (Fsp3) is 0.353. The SMILES string of the molecule is CC(=O)Nc1ccn(C2COC(COCc3ccccc3)O2)c(=O)n1. The number of rotatable bonds is 6. The van der Waals surface area contributed by atoms with E-state index in [0.717, 1.165) is 5.56 Å². The minimum absolute atomic E-state index is 0.204. The van der Waals surface area contributed by atoms with Crippen LogP contribution in [0.4, 0.5) is 5.82 Å². The third kappa shape index (κ3) is 4.72. The molecular weight excluding hydrogens is 326 g/mol. The summed E-state index contributed by atoms with van der Waals surface area (Å²) in [4.78, 5) is 26.8. The van der Waals surface area contributed by atoms with E-state index >= 15 is 0 Å². The van der Waals surface area contributed by atoms with Gasteiger partial charge < -0.3 is 19.5 Å². The Morgan fingerprint density at radius 1 is 1.36 bits per heavy atom. The van der Waals surface area contributed by atoms with Crippen molar-refractivity contribution in [2.24, 2.45) is 0 Å². The van der Waals surface area contributed by atoms with Gasteiger partial charge in [-0.1, -0.05) is 30.3 Å². The first-order valence-corrected chi connectivity index (χ1v) is 7.87. The molecule has 0 saturated carbocycles. The van der Waals surface area contributed by atoms with Gasteiger partial charge in [-0.2, -0.15) is 4.98 Å². The summed E-state index contributed by atoms with van der Waals surface area (Å²) in [5, 5.41) is 2.46. The molecule has 1 amide bonds. The highest BCUT2D eigenvalue weighted by molar-refractivity contribution is 5.87. The van der Waals surface area contributed by atoms with E-state index in [1.54, 1.807) is 0 Å². The molecule has 0 aliphatic carbocycles. The number of nitrogens with one attached hydrogen (secondary N) is 1. The van der Waals surface area contributed by atoms with Crippen LogP contribution in [0, 0.1) is 0 Å². The van der Waals surface area contributed by atoms with Gasteiger partial charge >= 0.3 is 5.69 Å². The van der Waals surface area contributed by atoms with Gasteiger partial charge in [-0.05, 0) is 11.6 Å². The first kappa shape index (κ1) is 17.3. The number of amides is 1. The largest absolute Gasteiger partial charge is 0.371 e. The van der Waals surface area contributed by atoms with Crippen molar-refractivity contribution < 1.29 is 19.0 Å². The van der Waals surface area contributed by atoms with Crippen LogP contribution in [-0.4, -0.2) is 35.0 Å². The molecule has 1 saturated heterocycles. The summed E-state index contributed by atoms with van der Waals surface area (Å²) in [7, 11) is 0. The van der Waals surface area contributed by atoms with Gasteiger partial charge in [0.1, 0.15) is 5.82 Å². The average molecular weight is 345 g/mol. The van der Waals surface area contributed by atoms with Crippen LogP contribution in [0.1, 0.15) is 18.7 Å². The third-order valence-corrected chi connectivity index (χ3v) is 3.54. The molecule has 2 aromatic rings. The number of aromatic nitrogens is 2. The number of benzene rings is 1. The second kappa shape index (κ2) is 8.02. The zero-order valence-corrected chi connectivity index (χ0v) is 13.8. The minimum atomic E-state index is -0.572. The maximum atomic E-state index is 12.0. The quantitative estimate of drug-likeness (QED) is 0.848. The zero-order chi connectivity index (χ0) is 17.6. The van der Waals surface area contributed by atoms with Crippen LogP contribution in [-0.2, 0) is 25.6 Å². The Morgan fingerprint density at radius 2 is 2.16 bits per heavy atom. The topological polar surface area (TPSA) is 91.7 Å². The molecule has 0 radical (unpaired) electrons. The van der Waals surface area contributed by atoms with Crippen LogP contribution >= 0.6 is 0 Å². The van der Waals surface area contributed by atoms with Crippen LogP contribution < -0.4 is 11.0 Å².